The molecule has 1 aliphatic rings. The second-order valence-electron chi connectivity index (χ2n) is 11.2. The van der Waals surface area contributed by atoms with Gasteiger partial charge < -0.3 is 25.7 Å². The molecule has 0 spiro atoms. The summed E-state index contributed by atoms with van der Waals surface area (Å²) >= 11 is 0. The summed E-state index contributed by atoms with van der Waals surface area (Å²) in [6, 6.07) is 30.3. The van der Waals surface area contributed by atoms with Gasteiger partial charge in [0.1, 0.15) is 11.7 Å². The number of rotatable bonds is 10. The quantitative estimate of drug-likeness (QED) is 0.168. The van der Waals surface area contributed by atoms with E-state index in [2.05, 4.69) is 10.6 Å². The number of para-hydroxylation sites is 2. The van der Waals surface area contributed by atoms with Gasteiger partial charge in [-0.3, -0.25) is 24.1 Å². The van der Waals surface area contributed by atoms with Crippen LogP contribution < -0.4 is 26.2 Å². The van der Waals surface area contributed by atoms with Crippen LogP contribution in [0.5, 0.6) is 0 Å². The van der Waals surface area contributed by atoms with Crippen LogP contribution in [0.2, 0.25) is 0 Å². The van der Waals surface area contributed by atoms with E-state index < -0.39 is 41.8 Å². The second-order valence-corrected chi connectivity index (χ2v) is 11.2. The molecule has 4 N–H and O–H groups in total. The van der Waals surface area contributed by atoms with Gasteiger partial charge in [-0.15, -0.1) is 0 Å². The Labute approximate surface area is 276 Å². The Hall–Kier alpha value is -6.07. The van der Waals surface area contributed by atoms with Crippen molar-refractivity contribution in [1.29, 1.82) is 0 Å². The molecule has 0 fully saturated rings. The summed E-state index contributed by atoms with van der Waals surface area (Å²) in [5.41, 5.74) is 9.63. The average Bonchev–Trinajstić information content (AvgIpc) is 3.64. The van der Waals surface area contributed by atoms with E-state index in [-0.39, 0.29) is 24.4 Å². The third kappa shape index (κ3) is 6.86. The van der Waals surface area contributed by atoms with E-state index in [1.807, 2.05) is 0 Å². The fourth-order valence-electron chi connectivity index (χ4n) is 5.52. The maximum atomic E-state index is 14.4. The topological polar surface area (TPSA) is 138 Å². The molecule has 0 aliphatic carbocycles. The van der Waals surface area contributed by atoms with Gasteiger partial charge in [-0.1, -0.05) is 54.6 Å². The predicted octanol–water partition coefficient (Wildman–Crippen LogP) is 5.66. The van der Waals surface area contributed by atoms with Crippen LogP contribution in [0.4, 0.5) is 27.1 Å². The van der Waals surface area contributed by atoms with Crippen LogP contribution in [0.1, 0.15) is 33.7 Å². The molecule has 5 aromatic rings. The molecule has 1 aliphatic heterocycles. The van der Waals surface area contributed by atoms with Gasteiger partial charge >= 0.3 is 0 Å². The Morgan fingerprint density at radius 2 is 1.48 bits per heavy atom. The Morgan fingerprint density at radius 1 is 0.792 bits per heavy atom. The fourth-order valence-corrected chi connectivity index (χ4v) is 5.52. The Morgan fingerprint density at radius 3 is 2.17 bits per heavy atom. The van der Waals surface area contributed by atoms with Crippen molar-refractivity contribution < 1.29 is 28.0 Å². The first-order chi connectivity index (χ1) is 23.3. The number of benzene rings is 4. The molecule has 11 heteroatoms. The monoisotopic (exact) mass is 645 g/mol. The lowest BCUT2D eigenvalue weighted by Gasteiger charge is -2.26. The summed E-state index contributed by atoms with van der Waals surface area (Å²) in [5.74, 6) is -3.82. The maximum absolute atomic E-state index is 14.4. The van der Waals surface area contributed by atoms with E-state index in [1.54, 1.807) is 103 Å². The largest absolute Gasteiger partial charge is 0.459 e. The van der Waals surface area contributed by atoms with Gasteiger partial charge in [-0.2, -0.15) is 0 Å². The van der Waals surface area contributed by atoms with Crippen LogP contribution in [-0.2, 0) is 34.0 Å². The third-order valence-electron chi connectivity index (χ3n) is 8.05. The molecule has 0 radical (unpaired) electrons. The number of nitrogens with two attached hydrogens (primary N) is 1. The number of carbonyl (C=O) groups is 4. The molecule has 1 atom stereocenters. The van der Waals surface area contributed by atoms with Crippen LogP contribution in [0.25, 0.3) is 0 Å². The van der Waals surface area contributed by atoms with Crippen molar-refractivity contribution in [3.63, 3.8) is 0 Å². The number of amides is 4. The third-order valence-corrected chi connectivity index (χ3v) is 8.05. The highest BCUT2D eigenvalue weighted by atomic mass is 19.1. The molecule has 2 heterocycles. The van der Waals surface area contributed by atoms with Crippen LogP contribution in [0.3, 0.4) is 0 Å². The van der Waals surface area contributed by atoms with Gasteiger partial charge in [0.2, 0.25) is 17.7 Å². The molecular formula is C37H32FN5O5. The Bertz CT molecular complexity index is 1940. The second kappa shape index (κ2) is 14.1. The molecule has 0 saturated carbocycles. The molecule has 1 unspecified atom stereocenters. The van der Waals surface area contributed by atoms with E-state index in [1.165, 1.54) is 22.1 Å². The van der Waals surface area contributed by atoms with E-state index in [9.17, 15) is 23.6 Å². The maximum Gasteiger partial charge on any atom is 0.291 e. The van der Waals surface area contributed by atoms with Crippen LogP contribution in [-0.4, -0.2) is 23.6 Å². The SMILES string of the molecule is NCc1ccc(N2C(=O)C(CC(=O)NCc3ccccc3F)C(=O)N(Cc3ccc(NC(=O)c4ccco4)cc3)c3ccccc32)cc1. The zero-order chi connectivity index (χ0) is 33.6. The minimum Gasteiger partial charge on any atom is -0.459 e. The number of nitrogens with zero attached hydrogens (tertiary/aromatic N) is 2. The Balaban J connectivity index is 1.31. The molecular weight excluding hydrogens is 613 g/mol. The van der Waals surface area contributed by atoms with Crippen molar-refractivity contribution in [2.75, 3.05) is 15.1 Å². The molecule has 242 valence electrons. The van der Waals surface area contributed by atoms with Gasteiger partial charge in [0.25, 0.3) is 5.91 Å². The Kier molecular flexibility index (Phi) is 9.40. The van der Waals surface area contributed by atoms with Gasteiger partial charge in [0, 0.05) is 36.4 Å². The summed E-state index contributed by atoms with van der Waals surface area (Å²) in [7, 11) is 0. The van der Waals surface area contributed by atoms with Crippen molar-refractivity contribution in [3.8, 4) is 0 Å². The first-order valence-corrected chi connectivity index (χ1v) is 15.3. The molecule has 0 saturated heterocycles. The number of carbonyl (C=O) groups excluding carboxylic acids is 4. The molecule has 0 bridgehead atoms. The van der Waals surface area contributed by atoms with Gasteiger partial charge in [0.05, 0.1) is 24.2 Å². The molecule has 10 nitrogen and oxygen atoms in total. The first kappa shape index (κ1) is 31.9. The number of anilines is 4. The smallest absolute Gasteiger partial charge is 0.291 e. The predicted molar refractivity (Wildman–Crippen MR) is 179 cm³/mol. The number of hydrogen-bond acceptors (Lipinski definition) is 6. The lowest BCUT2D eigenvalue weighted by Crippen LogP contribution is -2.43. The number of furan rings is 1. The first-order valence-electron chi connectivity index (χ1n) is 15.3. The van der Waals surface area contributed by atoms with Crippen LogP contribution in [0, 0.1) is 11.7 Å². The summed E-state index contributed by atoms with van der Waals surface area (Å²) in [5, 5.41) is 5.42. The summed E-state index contributed by atoms with van der Waals surface area (Å²) in [6.07, 6.45) is 0.959. The molecule has 48 heavy (non-hydrogen) atoms. The van der Waals surface area contributed by atoms with E-state index >= 15 is 0 Å². The van der Waals surface area contributed by atoms with Gasteiger partial charge in [-0.25, -0.2) is 4.39 Å². The summed E-state index contributed by atoms with van der Waals surface area (Å²) in [4.78, 5) is 57.3. The van der Waals surface area contributed by atoms with E-state index in [0.717, 1.165) is 5.56 Å². The van der Waals surface area contributed by atoms with Crippen LogP contribution in [0.15, 0.2) is 120 Å². The van der Waals surface area contributed by atoms with Crippen molar-refractivity contribution in [2.45, 2.75) is 26.1 Å². The van der Waals surface area contributed by atoms with Crippen molar-refractivity contribution in [1.82, 2.24) is 5.32 Å². The fraction of sp³-hybridized carbons (Fsp3) is 0.135. The van der Waals surface area contributed by atoms with Gasteiger partial charge in [-0.05, 0) is 65.7 Å². The highest BCUT2D eigenvalue weighted by Crippen LogP contribution is 2.40. The highest BCUT2D eigenvalue weighted by Gasteiger charge is 2.42. The number of fused-ring (bicyclic) bond motifs is 1. The summed E-state index contributed by atoms with van der Waals surface area (Å²) < 4.78 is 19.4. The van der Waals surface area contributed by atoms with E-state index in [0.29, 0.717) is 34.9 Å². The van der Waals surface area contributed by atoms with Crippen molar-refractivity contribution in [3.05, 3.63) is 144 Å². The normalized spacial score (nSPS) is 14.3. The standard InChI is InChI=1S/C37H32FN5O5/c38-30-7-2-1-6-26(30)22-40-34(44)20-29-36(46)42(23-25-11-15-27(16-12-25)41-35(45)33-10-5-19-48-33)31-8-3-4-9-32(31)43(37(29)47)28-17-13-24(21-39)14-18-28/h1-19,29H,20-23,39H2,(H,40,44)(H,41,45). The number of nitrogens with one attached hydrogen (secondary N) is 2. The average molecular weight is 646 g/mol. The molecule has 1 aromatic heterocycles. The molecule has 6 rings (SSSR count). The minimum absolute atomic E-state index is 0.0723. The number of hydrogen-bond donors (Lipinski definition) is 3. The zero-order valence-electron chi connectivity index (χ0n) is 25.8. The summed E-state index contributed by atoms with van der Waals surface area (Å²) in [6.45, 7) is 0.285. The van der Waals surface area contributed by atoms with Crippen molar-refractivity contribution >= 4 is 46.4 Å². The van der Waals surface area contributed by atoms with Gasteiger partial charge in [0.15, 0.2) is 5.76 Å². The van der Waals surface area contributed by atoms with E-state index in [4.69, 9.17) is 10.2 Å². The molecule has 4 aromatic carbocycles. The molecule has 4 amide bonds. The minimum atomic E-state index is -1.39. The van der Waals surface area contributed by atoms with Crippen LogP contribution >= 0.6 is 0 Å². The highest BCUT2D eigenvalue weighted by molar-refractivity contribution is 6.21. The lowest BCUT2D eigenvalue weighted by atomic mass is 10.0. The zero-order valence-corrected chi connectivity index (χ0v) is 25.8. The van der Waals surface area contributed by atoms with Crippen molar-refractivity contribution in [2.24, 2.45) is 11.7 Å². The lowest BCUT2D eigenvalue weighted by molar-refractivity contribution is -0.136. The number of halogens is 1.